The van der Waals surface area contributed by atoms with Crippen LogP contribution in [0.5, 0.6) is 0 Å². The van der Waals surface area contributed by atoms with Gasteiger partial charge in [0.1, 0.15) is 12.2 Å². The zero-order valence-electron chi connectivity index (χ0n) is 19.2. The monoisotopic (exact) mass is 471 g/mol. The van der Waals surface area contributed by atoms with Crippen molar-refractivity contribution in [3.63, 3.8) is 0 Å². The van der Waals surface area contributed by atoms with Gasteiger partial charge in [-0.3, -0.25) is 34.3 Å². The maximum absolute atomic E-state index is 13.7. The smallest absolute Gasteiger partial charge is 0.282 e. The van der Waals surface area contributed by atoms with Gasteiger partial charge in [-0.2, -0.15) is 0 Å². The van der Waals surface area contributed by atoms with Gasteiger partial charge >= 0.3 is 0 Å². The van der Waals surface area contributed by atoms with Gasteiger partial charge in [-0.05, 0) is 60.3 Å². The summed E-state index contributed by atoms with van der Waals surface area (Å²) < 4.78 is 0. The molecule has 4 aliphatic carbocycles. The van der Waals surface area contributed by atoms with Gasteiger partial charge in [0.2, 0.25) is 11.8 Å². The Hall–Kier alpha value is -3.81. The summed E-state index contributed by atoms with van der Waals surface area (Å²) >= 11 is 0. The number of rotatable bonds is 6. The molecule has 6 unspecified atom stereocenters. The third-order valence-electron chi connectivity index (χ3n) is 8.27. The van der Waals surface area contributed by atoms with Crippen molar-refractivity contribution >= 4 is 29.1 Å². The van der Waals surface area contributed by atoms with Crippen molar-refractivity contribution < 1.29 is 19.3 Å². The number of amides is 3. The molecule has 35 heavy (non-hydrogen) atoms. The van der Waals surface area contributed by atoms with Crippen LogP contribution in [0, 0.1) is 45.6 Å². The average Bonchev–Trinajstić information content (AvgIpc) is 3.67. The van der Waals surface area contributed by atoms with E-state index in [0.29, 0.717) is 17.5 Å². The van der Waals surface area contributed by atoms with Crippen molar-refractivity contribution in [1.29, 1.82) is 0 Å². The minimum atomic E-state index is -0.624. The quantitative estimate of drug-likeness (QED) is 0.276. The Morgan fingerprint density at radius 2 is 1.60 bits per heavy atom. The van der Waals surface area contributed by atoms with Crippen LogP contribution in [-0.2, 0) is 16.0 Å². The molecule has 1 aliphatic heterocycles. The molecule has 2 aromatic rings. The largest absolute Gasteiger partial charge is 0.289 e. The number of hydrogen-bond donors (Lipinski definition) is 0. The first-order valence-electron chi connectivity index (χ1n) is 12.1. The van der Waals surface area contributed by atoms with E-state index >= 15 is 0 Å². The summed E-state index contributed by atoms with van der Waals surface area (Å²) in [4.78, 5) is 54.3. The molecule has 0 spiro atoms. The van der Waals surface area contributed by atoms with Gasteiger partial charge in [-0.25, -0.2) is 0 Å². The van der Waals surface area contributed by atoms with Crippen LogP contribution in [0.3, 0.4) is 0 Å². The van der Waals surface area contributed by atoms with Crippen molar-refractivity contribution in [3.05, 3.63) is 81.9 Å². The Morgan fingerprint density at radius 3 is 2.17 bits per heavy atom. The lowest BCUT2D eigenvalue weighted by Crippen LogP contribution is -2.45. The number of nitro benzene ring substituents is 1. The van der Waals surface area contributed by atoms with Gasteiger partial charge < -0.3 is 0 Å². The first kappa shape index (κ1) is 21.7. The zero-order chi connectivity index (χ0) is 24.4. The van der Waals surface area contributed by atoms with E-state index in [1.54, 1.807) is 18.2 Å². The Balaban J connectivity index is 1.36. The Labute approximate surface area is 202 Å². The second-order valence-electron chi connectivity index (χ2n) is 9.93. The summed E-state index contributed by atoms with van der Waals surface area (Å²) in [6, 6.07) is 13.0. The molecule has 6 atom stereocenters. The predicted molar refractivity (Wildman–Crippen MR) is 127 cm³/mol. The Bertz CT molecular complexity index is 1250. The molecule has 1 saturated heterocycles. The highest BCUT2D eigenvalue weighted by molar-refractivity contribution is 6.11. The second-order valence-corrected chi connectivity index (χ2v) is 9.93. The van der Waals surface area contributed by atoms with Crippen LogP contribution in [0.4, 0.5) is 11.4 Å². The minimum absolute atomic E-state index is 0.0830. The van der Waals surface area contributed by atoms with E-state index in [4.69, 9.17) is 0 Å². The first-order valence-corrected chi connectivity index (χ1v) is 12.1. The van der Waals surface area contributed by atoms with Gasteiger partial charge in [0, 0.05) is 11.8 Å². The molecule has 1 heterocycles. The van der Waals surface area contributed by atoms with Crippen molar-refractivity contribution in [3.8, 4) is 0 Å². The molecule has 178 valence electrons. The number of para-hydroxylation sites is 1. The van der Waals surface area contributed by atoms with Crippen molar-refractivity contribution in [2.45, 2.75) is 19.8 Å². The number of carbonyl (C=O) groups is 3. The summed E-state index contributed by atoms with van der Waals surface area (Å²) in [5.74, 6) is -0.715. The molecule has 0 aromatic heterocycles. The first-order chi connectivity index (χ1) is 16.9. The van der Waals surface area contributed by atoms with E-state index in [1.807, 2.05) is 19.1 Å². The highest BCUT2D eigenvalue weighted by atomic mass is 16.6. The number of allylic oxidation sites excluding steroid dienone is 2. The normalized spacial score (nSPS) is 29.7. The van der Waals surface area contributed by atoms with E-state index in [2.05, 4.69) is 12.2 Å². The lowest BCUT2D eigenvalue weighted by molar-refractivity contribution is -0.385. The fourth-order valence-corrected chi connectivity index (χ4v) is 6.43. The highest BCUT2D eigenvalue weighted by Gasteiger charge is 2.67. The number of anilines is 1. The molecule has 0 radical (unpaired) electrons. The van der Waals surface area contributed by atoms with Gasteiger partial charge in [-0.1, -0.05) is 43.3 Å². The number of carbonyl (C=O) groups excluding carboxylic acids is 3. The van der Waals surface area contributed by atoms with E-state index < -0.39 is 10.8 Å². The summed E-state index contributed by atoms with van der Waals surface area (Å²) in [5, 5.41) is 11.6. The summed E-state index contributed by atoms with van der Waals surface area (Å²) in [6.45, 7) is 1.75. The fourth-order valence-electron chi connectivity index (χ4n) is 6.43. The topological polar surface area (TPSA) is 101 Å². The number of hydrogen-bond acceptors (Lipinski definition) is 5. The molecule has 2 bridgehead atoms. The third-order valence-corrected chi connectivity index (χ3v) is 8.27. The second kappa shape index (κ2) is 7.86. The Kier molecular flexibility index (Phi) is 4.88. The number of likely N-dealkylation sites (tertiary alicyclic amines) is 1. The van der Waals surface area contributed by atoms with Gasteiger partial charge in [0.15, 0.2) is 0 Å². The minimum Gasteiger partial charge on any atom is -0.289 e. The molecule has 8 heteroatoms. The molecular formula is C27H25N3O5. The highest BCUT2D eigenvalue weighted by Crippen LogP contribution is 2.65. The van der Waals surface area contributed by atoms with Crippen molar-refractivity contribution in [2.24, 2.45) is 35.5 Å². The van der Waals surface area contributed by atoms with Crippen LogP contribution >= 0.6 is 0 Å². The number of aryl methyl sites for hydroxylation is 1. The summed E-state index contributed by atoms with van der Waals surface area (Å²) in [7, 11) is 0. The number of benzene rings is 2. The SMILES string of the molecule is CCc1ccc(N(CN2C(=O)C3C4C=CC(C5CC45)C3C2=O)C(=O)c2ccccc2[N+](=O)[O-])cc1. The van der Waals surface area contributed by atoms with Crippen LogP contribution in [-0.4, -0.2) is 34.2 Å². The molecule has 3 amide bonds. The number of nitrogens with zero attached hydrogens (tertiary/aromatic N) is 3. The lowest BCUT2D eigenvalue weighted by Gasteiger charge is -2.37. The predicted octanol–water partition coefficient (Wildman–Crippen LogP) is 3.81. The van der Waals surface area contributed by atoms with Crippen LogP contribution < -0.4 is 4.90 Å². The molecule has 3 fully saturated rings. The molecule has 5 aliphatic rings. The van der Waals surface area contributed by atoms with E-state index in [1.165, 1.54) is 28.0 Å². The lowest BCUT2D eigenvalue weighted by atomic mass is 9.63. The fraction of sp³-hybridized carbons (Fsp3) is 0.370. The van der Waals surface area contributed by atoms with E-state index in [0.717, 1.165) is 18.4 Å². The van der Waals surface area contributed by atoms with E-state index in [9.17, 15) is 24.5 Å². The third kappa shape index (κ3) is 3.23. The zero-order valence-corrected chi connectivity index (χ0v) is 19.2. The summed E-state index contributed by atoms with van der Waals surface area (Å²) in [6.07, 6.45) is 6.09. The van der Waals surface area contributed by atoms with Crippen LogP contribution in [0.25, 0.3) is 0 Å². The molecule has 2 aromatic carbocycles. The summed E-state index contributed by atoms with van der Waals surface area (Å²) in [5.41, 5.74) is 1.14. The number of nitro groups is 1. The standard InChI is InChI=1S/C27H25N3O5/c1-2-15-7-9-16(10-8-15)28(25(31)19-5-3-4-6-22(19)30(34)35)14-29-26(32)23-17-11-12-18(21-13-20(17)21)24(23)27(29)33/h3-12,17-18,20-21,23-24H,2,13-14H2,1H3. The molecule has 7 rings (SSSR count). The van der Waals surface area contributed by atoms with Gasteiger partial charge in [-0.15, -0.1) is 0 Å². The van der Waals surface area contributed by atoms with Crippen LogP contribution in [0.1, 0.15) is 29.3 Å². The van der Waals surface area contributed by atoms with Crippen LogP contribution in [0.15, 0.2) is 60.7 Å². The average molecular weight is 472 g/mol. The molecule has 0 N–H and O–H groups in total. The maximum atomic E-state index is 13.7. The Morgan fingerprint density at radius 1 is 1.00 bits per heavy atom. The van der Waals surface area contributed by atoms with Crippen molar-refractivity contribution in [2.75, 3.05) is 11.6 Å². The molecule has 2 saturated carbocycles. The number of imide groups is 1. The van der Waals surface area contributed by atoms with Crippen LogP contribution in [0.2, 0.25) is 0 Å². The van der Waals surface area contributed by atoms with Gasteiger partial charge in [0.25, 0.3) is 11.6 Å². The van der Waals surface area contributed by atoms with Crippen molar-refractivity contribution in [1.82, 2.24) is 4.90 Å². The van der Waals surface area contributed by atoms with Gasteiger partial charge in [0.05, 0.1) is 16.8 Å². The molecule has 8 nitrogen and oxygen atoms in total. The molecular weight excluding hydrogens is 446 g/mol. The van der Waals surface area contributed by atoms with E-state index in [-0.39, 0.29) is 53.4 Å². The maximum Gasteiger partial charge on any atom is 0.282 e.